The average Bonchev–Trinajstić information content (AvgIpc) is 3.22. The molecule has 0 spiro atoms. The second-order valence-electron chi connectivity index (χ2n) is 6.34. The van der Waals surface area contributed by atoms with Crippen molar-refractivity contribution in [2.24, 2.45) is 0 Å². The number of rotatable bonds is 7. The fourth-order valence-electron chi connectivity index (χ4n) is 2.91. The molecule has 8 heteroatoms. The number of anilines is 2. The van der Waals surface area contributed by atoms with E-state index in [9.17, 15) is 4.79 Å². The Bertz CT molecular complexity index is 1030. The van der Waals surface area contributed by atoms with Crippen molar-refractivity contribution in [3.05, 3.63) is 66.1 Å². The summed E-state index contributed by atoms with van der Waals surface area (Å²) in [5.41, 5.74) is 2.14. The number of carbonyl (C=O) groups excluding carboxylic acids is 1. The lowest BCUT2D eigenvalue weighted by Crippen LogP contribution is -2.26. The molecule has 1 aliphatic heterocycles. The van der Waals surface area contributed by atoms with E-state index in [-0.39, 0.29) is 18.4 Å². The van der Waals surface area contributed by atoms with Gasteiger partial charge >= 0.3 is 0 Å². The normalized spacial score (nSPS) is 11.8. The van der Waals surface area contributed by atoms with Crippen molar-refractivity contribution in [2.75, 3.05) is 25.8 Å². The van der Waals surface area contributed by atoms with Crippen LogP contribution < -0.4 is 24.8 Å². The summed E-state index contributed by atoms with van der Waals surface area (Å²) in [6, 6.07) is 14.8. The summed E-state index contributed by atoms with van der Waals surface area (Å²) in [6.45, 7) is 0.702. The number of nitrogens with zero attached hydrogens (tertiary/aromatic N) is 2. The number of fused-ring (bicyclic) bond motifs is 1. The minimum absolute atomic E-state index is 0.215. The van der Waals surface area contributed by atoms with Crippen LogP contribution >= 0.6 is 0 Å². The molecule has 0 fully saturated rings. The number of methoxy groups -OCH3 is 1. The molecule has 1 amide bonds. The molecule has 2 aromatic carbocycles. The third kappa shape index (κ3) is 4.55. The highest BCUT2D eigenvalue weighted by molar-refractivity contribution is 5.93. The molecule has 2 N–H and O–H groups in total. The van der Waals surface area contributed by atoms with E-state index in [4.69, 9.17) is 14.2 Å². The van der Waals surface area contributed by atoms with Gasteiger partial charge in [-0.1, -0.05) is 12.1 Å². The molecule has 29 heavy (non-hydrogen) atoms. The first kappa shape index (κ1) is 18.5. The van der Waals surface area contributed by atoms with Gasteiger partial charge in [0.05, 0.1) is 7.11 Å². The highest BCUT2D eigenvalue weighted by atomic mass is 16.7. The highest BCUT2D eigenvalue weighted by Crippen LogP contribution is 2.34. The molecule has 2 heterocycles. The van der Waals surface area contributed by atoms with Gasteiger partial charge in [-0.25, -0.2) is 9.97 Å². The second-order valence-corrected chi connectivity index (χ2v) is 6.34. The van der Waals surface area contributed by atoms with E-state index in [1.54, 1.807) is 13.2 Å². The van der Waals surface area contributed by atoms with Crippen LogP contribution in [-0.2, 0) is 6.42 Å². The molecule has 0 unspecified atom stereocenters. The number of hydrogen-bond acceptors (Lipinski definition) is 7. The Morgan fingerprint density at radius 3 is 2.90 bits per heavy atom. The molecular formula is C21H20N4O4. The maximum Gasteiger partial charge on any atom is 0.270 e. The topological polar surface area (TPSA) is 94.6 Å². The molecule has 1 aromatic heterocycles. The summed E-state index contributed by atoms with van der Waals surface area (Å²) in [6.07, 6.45) is 2.04. The fourth-order valence-corrected chi connectivity index (χ4v) is 2.91. The summed E-state index contributed by atoms with van der Waals surface area (Å²) < 4.78 is 15.9. The molecule has 8 nitrogen and oxygen atoms in total. The molecule has 0 saturated carbocycles. The van der Waals surface area contributed by atoms with Gasteiger partial charge in [-0.2, -0.15) is 0 Å². The molecule has 148 valence electrons. The molecule has 3 aromatic rings. The summed E-state index contributed by atoms with van der Waals surface area (Å²) in [7, 11) is 1.63. The number of hydrogen-bond donors (Lipinski definition) is 2. The van der Waals surface area contributed by atoms with Crippen molar-refractivity contribution < 1.29 is 19.0 Å². The maximum absolute atomic E-state index is 12.4. The molecule has 1 aliphatic rings. The molecule has 4 rings (SSSR count). The highest BCUT2D eigenvalue weighted by Gasteiger charge is 2.14. The van der Waals surface area contributed by atoms with Gasteiger partial charge in [0.2, 0.25) is 6.79 Å². The summed E-state index contributed by atoms with van der Waals surface area (Å²) in [4.78, 5) is 20.7. The van der Waals surface area contributed by atoms with Gasteiger partial charge in [0.15, 0.2) is 11.5 Å². The Kier molecular flexibility index (Phi) is 5.42. The van der Waals surface area contributed by atoms with E-state index in [2.05, 4.69) is 20.6 Å². The van der Waals surface area contributed by atoms with E-state index in [0.717, 1.165) is 17.0 Å². The minimum atomic E-state index is -0.260. The Hall–Kier alpha value is -3.81. The standard InChI is InChI=1S/C21H20N4O4/c1-27-16-4-2-3-14(9-16)7-8-22-21(26)17-11-20(24-12-23-17)25-15-5-6-18-19(10-15)29-13-28-18/h2-6,9-12H,7-8,13H2,1H3,(H,22,26)(H,23,24,25). The number of carbonyl (C=O) groups is 1. The molecule has 0 saturated heterocycles. The lowest BCUT2D eigenvalue weighted by Gasteiger charge is -2.09. The smallest absolute Gasteiger partial charge is 0.270 e. The third-order valence-electron chi connectivity index (χ3n) is 4.38. The summed E-state index contributed by atoms with van der Waals surface area (Å²) in [5.74, 6) is 2.42. The third-order valence-corrected chi connectivity index (χ3v) is 4.38. The summed E-state index contributed by atoms with van der Waals surface area (Å²) >= 11 is 0. The monoisotopic (exact) mass is 392 g/mol. The van der Waals surface area contributed by atoms with Crippen LogP contribution in [0.25, 0.3) is 0 Å². The predicted octanol–water partition coefficient (Wildman–Crippen LogP) is 2.93. The van der Waals surface area contributed by atoms with Gasteiger partial charge in [0.1, 0.15) is 23.6 Å². The zero-order valence-electron chi connectivity index (χ0n) is 15.8. The van der Waals surface area contributed by atoms with Crippen LogP contribution in [0.4, 0.5) is 11.5 Å². The van der Waals surface area contributed by atoms with Crippen molar-refractivity contribution in [3.63, 3.8) is 0 Å². The predicted molar refractivity (Wildman–Crippen MR) is 107 cm³/mol. The zero-order chi connectivity index (χ0) is 20.1. The number of ether oxygens (including phenoxy) is 3. The first-order chi connectivity index (χ1) is 14.2. The van der Waals surface area contributed by atoms with Gasteiger partial charge in [-0.05, 0) is 36.2 Å². The molecular weight excluding hydrogens is 372 g/mol. The number of nitrogens with one attached hydrogen (secondary N) is 2. The number of amides is 1. The first-order valence-electron chi connectivity index (χ1n) is 9.11. The Labute approximate surface area is 167 Å². The van der Waals surface area contributed by atoms with Crippen molar-refractivity contribution in [1.29, 1.82) is 0 Å². The quantitative estimate of drug-likeness (QED) is 0.638. The van der Waals surface area contributed by atoms with Gasteiger partial charge in [0.25, 0.3) is 5.91 Å². The van der Waals surface area contributed by atoms with Crippen LogP contribution in [-0.4, -0.2) is 36.3 Å². The lowest BCUT2D eigenvalue weighted by molar-refractivity contribution is 0.0949. The Morgan fingerprint density at radius 2 is 2.00 bits per heavy atom. The maximum atomic E-state index is 12.4. The Balaban J connectivity index is 1.35. The van der Waals surface area contributed by atoms with Crippen LogP contribution in [0.15, 0.2) is 54.9 Å². The van der Waals surface area contributed by atoms with E-state index in [1.807, 2.05) is 42.5 Å². The van der Waals surface area contributed by atoms with Crippen LogP contribution in [0, 0.1) is 0 Å². The van der Waals surface area contributed by atoms with Crippen molar-refractivity contribution in [2.45, 2.75) is 6.42 Å². The minimum Gasteiger partial charge on any atom is -0.497 e. The van der Waals surface area contributed by atoms with Crippen molar-refractivity contribution in [1.82, 2.24) is 15.3 Å². The van der Waals surface area contributed by atoms with E-state index < -0.39 is 0 Å². The van der Waals surface area contributed by atoms with Gasteiger partial charge in [0, 0.05) is 24.4 Å². The van der Waals surface area contributed by atoms with Gasteiger partial charge in [-0.15, -0.1) is 0 Å². The first-order valence-corrected chi connectivity index (χ1v) is 9.11. The van der Waals surface area contributed by atoms with E-state index in [0.29, 0.717) is 30.3 Å². The van der Waals surface area contributed by atoms with Gasteiger partial charge in [-0.3, -0.25) is 4.79 Å². The van der Waals surface area contributed by atoms with Crippen LogP contribution in [0.5, 0.6) is 17.2 Å². The fraction of sp³-hybridized carbons (Fsp3) is 0.190. The average molecular weight is 392 g/mol. The SMILES string of the molecule is COc1cccc(CCNC(=O)c2cc(Nc3ccc4c(c3)OCO4)ncn2)c1. The Morgan fingerprint density at radius 1 is 1.10 bits per heavy atom. The van der Waals surface area contributed by atoms with Crippen molar-refractivity contribution in [3.8, 4) is 17.2 Å². The van der Waals surface area contributed by atoms with E-state index >= 15 is 0 Å². The van der Waals surface area contributed by atoms with Gasteiger partial charge < -0.3 is 24.8 Å². The van der Waals surface area contributed by atoms with Crippen LogP contribution in [0.3, 0.4) is 0 Å². The van der Waals surface area contributed by atoms with E-state index in [1.165, 1.54) is 6.33 Å². The number of aromatic nitrogens is 2. The largest absolute Gasteiger partial charge is 0.497 e. The molecule has 0 bridgehead atoms. The zero-order valence-corrected chi connectivity index (χ0v) is 15.8. The van der Waals surface area contributed by atoms with Crippen LogP contribution in [0.2, 0.25) is 0 Å². The molecule has 0 radical (unpaired) electrons. The second kappa shape index (κ2) is 8.47. The molecule has 0 aliphatic carbocycles. The lowest BCUT2D eigenvalue weighted by atomic mass is 10.1. The number of benzene rings is 2. The molecule has 0 atom stereocenters. The van der Waals surface area contributed by atoms with Crippen LogP contribution in [0.1, 0.15) is 16.1 Å². The van der Waals surface area contributed by atoms with Crippen molar-refractivity contribution >= 4 is 17.4 Å². The summed E-state index contributed by atoms with van der Waals surface area (Å²) in [5, 5.41) is 6.02.